The van der Waals surface area contributed by atoms with Crippen molar-refractivity contribution in [3.8, 4) is 0 Å². The number of rotatable bonds is 8. The first-order chi connectivity index (χ1) is 15.6. The molecule has 2 rings (SSSR count). The predicted molar refractivity (Wildman–Crippen MR) is 131 cm³/mol. The summed E-state index contributed by atoms with van der Waals surface area (Å²) in [5.41, 5.74) is 0.989. The zero-order valence-corrected chi connectivity index (χ0v) is 20.5. The fourth-order valence-corrected chi connectivity index (χ4v) is 3.67. The summed E-state index contributed by atoms with van der Waals surface area (Å²) in [6, 6.07) is 9.81. The molecule has 180 valence electrons. The smallest absolute Gasteiger partial charge is 0.410 e. The Morgan fingerprint density at radius 3 is 2.42 bits per heavy atom. The number of aliphatic imine (C=N–C) groups is 1. The van der Waals surface area contributed by atoms with Crippen LogP contribution in [0.25, 0.3) is 0 Å². The minimum atomic E-state index is -0.500. The van der Waals surface area contributed by atoms with Gasteiger partial charge in [0.25, 0.3) is 5.91 Å². The minimum absolute atomic E-state index is 0.147. The van der Waals surface area contributed by atoms with Gasteiger partial charge < -0.3 is 19.7 Å². The Kier molecular flexibility index (Phi) is 9.70. The summed E-state index contributed by atoms with van der Waals surface area (Å²) < 4.78 is 10.4. The summed E-state index contributed by atoms with van der Waals surface area (Å²) in [6.45, 7) is 12.4. The number of methoxy groups -OCH3 is 1. The second-order valence-electron chi connectivity index (χ2n) is 9.18. The number of hydrogen-bond acceptors (Lipinski definition) is 5. The van der Waals surface area contributed by atoms with Crippen molar-refractivity contribution >= 4 is 18.2 Å². The molecule has 0 unspecified atom stereocenters. The van der Waals surface area contributed by atoms with Crippen molar-refractivity contribution in [2.75, 3.05) is 20.2 Å². The van der Waals surface area contributed by atoms with Gasteiger partial charge in [0.15, 0.2) is 0 Å². The maximum absolute atomic E-state index is 13.0. The molecule has 0 spiro atoms. The maximum Gasteiger partial charge on any atom is 0.410 e. The lowest BCUT2D eigenvalue weighted by Gasteiger charge is -2.35. The van der Waals surface area contributed by atoms with E-state index in [1.54, 1.807) is 17.9 Å². The Hall–Kier alpha value is -3.09. The second kappa shape index (κ2) is 12.2. The first kappa shape index (κ1) is 26.2. The van der Waals surface area contributed by atoms with Crippen LogP contribution in [0.2, 0.25) is 0 Å². The van der Waals surface area contributed by atoms with Crippen molar-refractivity contribution in [2.24, 2.45) is 10.9 Å². The van der Waals surface area contributed by atoms with Crippen molar-refractivity contribution < 1.29 is 19.1 Å². The van der Waals surface area contributed by atoms with E-state index < -0.39 is 5.60 Å². The topological polar surface area (TPSA) is 80.2 Å². The second-order valence-corrected chi connectivity index (χ2v) is 9.18. The highest BCUT2D eigenvalue weighted by molar-refractivity contribution is 6.12. The Labute approximate surface area is 197 Å². The molecule has 33 heavy (non-hydrogen) atoms. The van der Waals surface area contributed by atoms with Crippen LogP contribution in [0.3, 0.4) is 0 Å². The van der Waals surface area contributed by atoms with E-state index in [0.717, 1.165) is 24.8 Å². The predicted octanol–water partition coefficient (Wildman–Crippen LogP) is 5.02. The molecule has 0 radical (unpaired) electrons. The van der Waals surface area contributed by atoms with Gasteiger partial charge in [0.05, 0.1) is 18.7 Å². The lowest BCUT2D eigenvalue weighted by atomic mass is 9.87. The highest BCUT2D eigenvalue weighted by Crippen LogP contribution is 2.29. The van der Waals surface area contributed by atoms with Crippen LogP contribution in [-0.2, 0) is 14.3 Å². The molecule has 1 atom stereocenters. The van der Waals surface area contributed by atoms with Gasteiger partial charge in [-0.2, -0.15) is 0 Å². The van der Waals surface area contributed by atoms with E-state index in [1.165, 1.54) is 13.3 Å². The molecule has 1 N–H and O–H groups in total. The van der Waals surface area contributed by atoms with Crippen LogP contribution in [-0.4, -0.2) is 48.9 Å². The van der Waals surface area contributed by atoms with Crippen LogP contribution in [0.15, 0.2) is 59.4 Å². The largest absolute Gasteiger partial charge is 0.481 e. The summed E-state index contributed by atoms with van der Waals surface area (Å²) in [5, 5.41) is 3.16. The van der Waals surface area contributed by atoms with E-state index in [4.69, 9.17) is 9.47 Å². The average molecular weight is 456 g/mol. The zero-order chi connectivity index (χ0) is 24.4. The number of hydrogen-bond donors (Lipinski definition) is 1. The van der Waals surface area contributed by atoms with Gasteiger partial charge in [-0.05, 0) is 65.0 Å². The standard InChI is InChI=1S/C26H37N3O4/c1-7-21(18-27-19(2)32-6)24(30)28-23(22-11-9-8-10-12-22)17-20-13-15-29(16-14-20)25(31)33-26(3,4)5/h7-12,18,20,23H,2,13-17H2,1,3-6H3,(H,28,30)/b21-7+,27-18?/t23-/m0/s1. The number of amides is 2. The molecule has 0 bridgehead atoms. The molecule has 0 saturated carbocycles. The Bertz CT molecular complexity index is 863. The van der Waals surface area contributed by atoms with E-state index in [1.807, 2.05) is 51.1 Å². The quantitative estimate of drug-likeness (QED) is 0.339. The molecule has 1 aliphatic heterocycles. The van der Waals surface area contributed by atoms with Crippen LogP contribution in [0.5, 0.6) is 0 Å². The Morgan fingerprint density at radius 1 is 1.24 bits per heavy atom. The Balaban J connectivity index is 2.04. The number of carbonyl (C=O) groups is 2. The van der Waals surface area contributed by atoms with Gasteiger partial charge in [-0.25, -0.2) is 9.79 Å². The van der Waals surface area contributed by atoms with E-state index in [0.29, 0.717) is 24.6 Å². The monoisotopic (exact) mass is 455 g/mol. The normalized spacial score (nSPS) is 16.4. The molecule has 1 aromatic rings. The third-order valence-corrected chi connectivity index (χ3v) is 5.50. The molecular weight excluding hydrogens is 418 g/mol. The number of allylic oxidation sites excluding steroid dienone is 1. The van der Waals surface area contributed by atoms with Crippen LogP contribution in [0, 0.1) is 5.92 Å². The van der Waals surface area contributed by atoms with Crippen molar-refractivity contribution in [1.29, 1.82) is 0 Å². The lowest BCUT2D eigenvalue weighted by molar-refractivity contribution is -0.117. The van der Waals surface area contributed by atoms with Gasteiger partial charge in [0.1, 0.15) is 5.60 Å². The van der Waals surface area contributed by atoms with E-state index in [2.05, 4.69) is 16.9 Å². The fourth-order valence-electron chi connectivity index (χ4n) is 3.67. The highest BCUT2D eigenvalue weighted by Gasteiger charge is 2.29. The summed E-state index contributed by atoms with van der Waals surface area (Å²) >= 11 is 0. The molecule has 7 nitrogen and oxygen atoms in total. The van der Waals surface area contributed by atoms with Gasteiger partial charge in [-0.3, -0.25) is 4.79 Å². The SMILES string of the molecule is C=C(N=C/C(=C\C)C(=O)N[C@@H](CC1CCN(C(=O)OC(C)(C)C)CC1)c1ccccc1)OC. The molecule has 1 saturated heterocycles. The van der Waals surface area contributed by atoms with Crippen LogP contribution in [0.1, 0.15) is 58.6 Å². The van der Waals surface area contributed by atoms with Gasteiger partial charge in [0, 0.05) is 19.3 Å². The first-order valence-electron chi connectivity index (χ1n) is 11.4. The molecule has 1 heterocycles. The average Bonchev–Trinajstić information content (AvgIpc) is 2.78. The summed E-state index contributed by atoms with van der Waals surface area (Å²) in [4.78, 5) is 31.2. The van der Waals surface area contributed by atoms with Gasteiger partial charge in [-0.1, -0.05) is 36.4 Å². The summed E-state index contributed by atoms with van der Waals surface area (Å²) in [7, 11) is 1.48. The number of nitrogens with one attached hydrogen (secondary N) is 1. The number of likely N-dealkylation sites (tertiary alicyclic amines) is 1. The molecule has 0 aromatic heterocycles. The lowest BCUT2D eigenvalue weighted by Crippen LogP contribution is -2.42. The van der Waals surface area contributed by atoms with Crippen LogP contribution >= 0.6 is 0 Å². The molecule has 2 amide bonds. The summed E-state index contributed by atoms with van der Waals surface area (Å²) in [6.07, 6.45) is 5.43. The number of carbonyl (C=O) groups excluding carboxylic acids is 2. The number of piperidine rings is 1. The summed E-state index contributed by atoms with van der Waals surface area (Å²) in [5.74, 6) is 0.411. The van der Waals surface area contributed by atoms with Gasteiger partial charge in [-0.15, -0.1) is 0 Å². The molecule has 7 heteroatoms. The van der Waals surface area contributed by atoms with E-state index >= 15 is 0 Å². The molecule has 1 aromatic carbocycles. The van der Waals surface area contributed by atoms with Crippen molar-refractivity contribution in [3.63, 3.8) is 0 Å². The van der Waals surface area contributed by atoms with Crippen LogP contribution < -0.4 is 5.32 Å². The molecule has 1 aliphatic rings. The third kappa shape index (κ3) is 8.75. The number of ether oxygens (including phenoxy) is 2. The third-order valence-electron chi connectivity index (χ3n) is 5.50. The van der Waals surface area contributed by atoms with Crippen molar-refractivity contribution in [2.45, 2.75) is 58.6 Å². The number of benzene rings is 1. The van der Waals surface area contributed by atoms with Crippen molar-refractivity contribution in [3.05, 3.63) is 60.0 Å². The molecule has 0 aliphatic carbocycles. The maximum atomic E-state index is 13.0. The molecule has 1 fully saturated rings. The highest BCUT2D eigenvalue weighted by atomic mass is 16.6. The first-order valence-corrected chi connectivity index (χ1v) is 11.4. The Morgan fingerprint density at radius 2 is 1.88 bits per heavy atom. The van der Waals surface area contributed by atoms with Gasteiger partial charge in [0.2, 0.25) is 5.88 Å². The van der Waals surface area contributed by atoms with Crippen molar-refractivity contribution in [1.82, 2.24) is 10.2 Å². The zero-order valence-electron chi connectivity index (χ0n) is 20.5. The molecular formula is C26H37N3O4. The fraction of sp³-hybridized carbons (Fsp3) is 0.500. The van der Waals surface area contributed by atoms with E-state index in [9.17, 15) is 9.59 Å². The van der Waals surface area contributed by atoms with Gasteiger partial charge >= 0.3 is 6.09 Å². The number of nitrogens with zero attached hydrogens (tertiary/aromatic N) is 2. The minimum Gasteiger partial charge on any atom is -0.481 e. The van der Waals surface area contributed by atoms with Crippen LogP contribution in [0.4, 0.5) is 4.79 Å². The van der Waals surface area contributed by atoms with E-state index in [-0.39, 0.29) is 23.9 Å².